The topological polar surface area (TPSA) is 76.1 Å². The number of nitrogens with one attached hydrogen (secondary N) is 1. The molecule has 0 saturated carbocycles. The minimum atomic E-state index is -3.07. The van der Waals surface area contributed by atoms with Crippen molar-refractivity contribution in [3.05, 3.63) is 21.9 Å². The van der Waals surface area contributed by atoms with Crippen molar-refractivity contribution in [2.75, 3.05) is 16.8 Å². The van der Waals surface area contributed by atoms with Gasteiger partial charge in [-0.05, 0) is 28.4 Å². The van der Waals surface area contributed by atoms with Crippen LogP contribution < -0.4 is 5.32 Å². The molecule has 1 aliphatic rings. The Morgan fingerprint density at radius 1 is 1.56 bits per heavy atom. The lowest BCUT2D eigenvalue weighted by Crippen LogP contribution is -2.24. The number of sulfone groups is 1. The smallest absolute Gasteiger partial charge is 0.228 e. The van der Waals surface area contributed by atoms with Gasteiger partial charge in [-0.15, -0.1) is 0 Å². The molecular weight excluding hydrogens is 344 g/mol. The second kappa shape index (κ2) is 5.14. The number of rotatable bonds is 2. The Balaban J connectivity index is 2.10. The number of aromatic nitrogens is 1. The molecule has 2 rings (SSSR count). The average Bonchev–Trinajstić information content (AvgIpc) is 2.64. The maximum Gasteiger partial charge on any atom is 0.228 e. The lowest BCUT2D eigenvalue weighted by Gasteiger charge is -2.10. The van der Waals surface area contributed by atoms with E-state index in [1.165, 1.54) is 6.20 Å². The van der Waals surface area contributed by atoms with Crippen molar-refractivity contribution < 1.29 is 13.2 Å². The Labute approximate surface area is 118 Å². The van der Waals surface area contributed by atoms with Crippen LogP contribution in [0.25, 0.3) is 0 Å². The molecule has 1 N–H and O–H groups in total. The molecule has 0 aromatic carbocycles. The lowest BCUT2D eigenvalue weighted by molar-refractivity contribution is -0.119. The fourth-order valence-corrected chi connectivity index (χ4v) is 3.97. The predicted molar refractivity (Wildman–Crippen MR) is 72.3 cm³/mol. The van der Waals surface area contributed by atoms with Crippen molar-refractivity contribution in [1.82, 2.24) is 4.98 Å². The highest BCUT2D eigenvalue weighted by Crippen LogP contribution is 2.25. The van der Waals surface area contributed by atoms with E-state index >= 15 is 0 Å². The van der Waals surface area contributed by atoms with E-state index in [-0.39, 0.29) is 22.6 Å². The van der Waals surface area contributed by atoms with Gasteiger partial charge in [0.15, 0.2) is 15.0 Å². The van der Waals surface area contributed by atoms with Gasteiger partial charge in [-0.3, -0.25) is 4.79 Å². The number of halogens is 2. The summed E-state index contributed by atoms with van der Waals surface area (Å²) in [5.41, 5.74) is 0.375. The van der Waals surface area contributed by atoms with Crippen LogP contribution in [-0.4, -0.2) is 30.8 Å². The summed E-state index contributed by atoms with van der Waals surface area (Å²) >= 11 is 9.06. The SMILES string of the molecule is O=C(Nc1cc(Br)cnc1Cl)C1CCS(=O)(=O)C1. The van der Waals surface area contributed by atoms with Gasteiger partial charge in [-0.1, -0.05) is 11.6 Å². The Hall–Kier alpha value is -0.660. The van der Waals surface area contributed by atoms with Gasteiger partial charge in [0, 0.05) is 10.7 Å². The largest absolute Gasteiger partial charge is 0.323 e. The number of carbonyl (C=O) groups is 1. The Morgan fingerprint density at radius 2 is 2.28 bits per heavy atom. The number of anilines is 1. The summed E-state index contributed by atoms with van der Waals surface area (Å²) in [6.07, 6.45) is 1.87. The van der Waals surface area contributed by atoms with Crippen molar-refractivity contribution in [2.24, 2.45) is 5.92 Å². The molecule has 5 nitrogen and oxygen atoms in total. The van der Waals surface area contributed by atoms with Gasteiger partial charge in [0.1, 0.15) is 0 Å². The average molecular weight is 354 g/mol. The van der Waals surface area contributed by atoms with Crippen LogP contribution in [0.5, 0.6) is 0 Å². The van der Waals surface area contributed by atoms with Gasteiger partial charge < -0.3 is 5.32 Å². The quantitative estimate of drug-likeness (QED) is 0.824. The fraction of sp³-hybridized carbons (Fsp3) is 0.400. The van der Waals surface area contributed by atoms with Crippen LogP contribution in [0, 0.1) is 5.92 Å². The minimum Gasteiger partial charge on any atom is -0.323 e. The number of hydrogen-bond acceptors (Lipinski definition) is 4. The molecule has 1 aromatic rings. The highest BCUT2D eigenvalue weighted by molar-refractivity contribution is 9.10. The molecule has 1 aromatic heterocycles. The van der Waals surface area contributed by atoms with E-state index in [0.717, 1.165) is 0 Å². The standard InChI is InChI=1S/C10H10BrClN2O3S/c11-7-3-8(9(12)13-4-7)14-10(15)6-1-2-18(16,17)5-6/h3-4,6H,1-2,5H2,(H,14,15). The monoisotopic (exact) mass is 352 g/mol. The summed E-state index contributed by atoms with van der Waals surface area (Å²) in [5, 5.41) is 2.78. The maximum absolute atomic E-state index is 11.9. The first-order valence-corrected chi connectivity index (χ1v) is 8.19. The molecule has 0 spiro atoms. The van der Waals surface area contributed by atoms with Crippen molar-refractivity contribution in [2.45, 2.75) is 6.42 Å². The highest BCUT2D eigenvalue weighted by Gasteiger charge is 2.33. The van der Waals surface area contributed by atoms with Crippen molar-refractivity contribution in [3.8, 4) is 0 Å². The second-order valence-corrected chi connectivity index (χ2v) is 7.58. The van der Waals surface area contributed by atoms with E-state index in [4.69, 9.17) is 11.6 Å². The Kier molecular flexibility index (Phi) is 3.93. The van der Waals surface area contributed by atoms with Crippen molar-refractivity contribution in [1.29, 1.82) is 0 Å². The molecule has 1 aliphatic heterocycles. The van der Waals surface area contributed by atoms with Crippen LogP contribution in [-0.2, 0) is 14.6 Å². The molecule has 0 bridgehead atoms. The first-order valence-electron chi connectivity index (χ1n) is 5.20. The Morgan fingerprint density at radius 3 is 2.89 bits per heavy atom. The first-order chi connectivity index (χ1) is 8.37. The molecule has 1 unspecified atom stereocenters. The van der Waals surface area contributed by atoms with Crippen molar-refractivity contribution >= 4 is 49.0 Å². The number of amides is 1. The fourth-order valence-electron chi connectivity index (χ4n) is 1.75. The molecular formula is C10H10BrClN2O3S. The summed E-state index contributed by atoms with van der Waals surface area (Å²) in [7, 11) is -3.07. The van der Waals surface area contributed by atoms with E-state index in [1.54, 1.807) is 6.07 Å². The van der Waals surface area contributed by atoms with E-state index in [2.05, 4.69) is 26.2 Å². The van der Waals surface area contributed by atoms with Gasteiger partial charge in [0.05, 0.1) is 23.1 Å². The van der Waals surface area contributed by atoms with Crippen LogP contribution in [0.2, 0.25) is 5.15 Å². The van der Waals surface area contributed by atoms with Gasteiger partial charge in [0.2, 0.25) is 5.91 Å². The molecule has 1 saturated heterocycles. The number of carbonyl (C=O) groups excluding carboxylic acids is 1. The lowest BCUT2D eigenvalue weighted by atomic mass is 10.1. The zero-order chi connectivity index (χ0) is 13.3. The normalized spacial score (nSPS) is 21.8. The van der Waals surface area contributed by atoms with Crippen LogP contribution in [0.15, 0.2) is 16.7 Å². The zero-order valence-electron chi connectivity index (χ0n) is 9.19. The van der Waals surface area contributed by atoms with Crippen LogP contribution in [0.1, 0.15) is 6.42 Å². The molecule has 1 amide bonds. The molecule has 18 heavy (non-hydrogen) atoms. The first kappa shape index (κ1) is 13.8. The Bertz CT molecular complexity index is 591. The minimum absolute atomic E-state index is 0.0650. The molecule has 8 heteroatoms. The summed E-state index contributed by atoms with van der Waals surface area (Å²) in [5.74, 6) is -0.879. The summed E-state index contributed by atoms with van der Waals surface area (Å²) < 4.78 is 23.3. The van der Waals surface area contributed by atoms with Gasteiger partial charge >= 0.3 is 0 Å². The summed E-state index contributed by atoms with van der Waals surface area (Å²) in [4.78, 5) is 15.8. The number of pyridine rings is 1. The predicted octanol–water partition coefficient (Wildman–Crippen LogP) is 1.87. The molecule has 1 fully saturated rings. The molecule has 1 atom stereocenters. The highest BCUT2D eigenvalue weighted by atomic mass is 79.9. The molecule has 2 heterocycles. The van der Waals surface area contributed by atoms with Crippen LogP contribution in [0.3, 0.4) is 0 Å². The van der Waals surface area contributed by atoms with Gasteiger partial charge in [-0.25, -0.2) is 13.4 Å². The van der Waals surface area contributed by atoms with Crippen molar-refractivity contribution in [3.63, 3.8) is 0 Å². The molecule has 0 aliphatic carbocycles. The maximum atomic E-state index is 11.9. The van der Waals surface area contributed by atoms with Crippen LogP contribution >= 0.6 is 27.5 Å². The number of hydrogen-bond donors (Lipinski definition) is 1. The second-order valence-electron chi connectivity index (χ2n) is 4.08. The van der Waals surface area contributed by atoms with E-state index in [0.29, 0.717) is 16.6 Å². The third-order valence-corrected chi connectivity index (χ3v) is 5.17. The molecule has 98 valence electrons. The van der Waals surface area contributed by atoms with Gasteiger partial charge in [0.25, 0.3) is 0 Å². The summed E-state index contributed by atoms with van der Waals surface area (Å²) in [6.45, 7) is 0. The van der Waals surface area contributed by atoms with Gasteiger partial charge in [-0.2, -0.15) is 0 Å². The third-order valence-electron chi connectivity index (χ3n) is 2.67. The van der Waals surface area contributed by atoms with E-state index in [9.17, 15) is 13.2 Å². The van der Waals surface area contributed by atoms with Crippen LogP contribution in [0.4, 0.5) is 5.69 Å². The number of nitrogens with zero attached hydrogens (tertiary/aromatic N) is 1. The summed E-state index contributed by atoms with van der Waals surface area (Å²) in [6, 6.07) is 1.62. The van der Waals surface area contributed by atoms with E-state index < -0.39 is 15.8 Å². The third kappa shape index (κ3) is 3.21. The van der Waals surface area contributed by atoms with E-state index in [1.807, 2.05) is 0 Å². The zero-order valence-corrected chi connectivity index (χ0v) is 12.3. The molecule has 0 radical (unpaired) electrons.